The van der Waals surface area contributed by atoms with E-state index in [-0.39, 0.29) is 12.5 Å². The number of carbonyl (C=O) groups is 2. The van der Waals surface area contributed by atoms with E-state index in [0.717, 1.165) is 17.9 Å². The second kappa shape index (κ2) is 4.86. The Kier molecular flexibility index (Phi) is 3.17. The number of hydrogen-bond donors (Lipinski definition) is 2. The van der Waals surface area contributed by atoms with Gasteiger partial charge in [-0.3, -0.25) is 9.69 Å². The van der Waals surface area contributed by atoms with Crippen molar-refractivity contribution in [3.63, 3.8) is 0 Å². The third-order valence-corrected chi connectivity index (χ3v) is 3.92. The van der Waals surface area contributed by atoms with Gasteiger partial charge < -0.3 is 10.6 Å². The number of halogens is 1. The molecule has 20 heavy (non-hydrogen) atoms. The number of amides is 3. The van der Waals surface area contributed by atoms with Crippen LogP contribution in [0.5, 0.6) is 0 Å². The zero-order valence-corrected chi connectivity index (χ0v) is 11.0. The molecule has 106 valence electrons. The van der Waals surface area contributed by atoms with Crippen molar-refractivity contribution in [1.82, 2.24) is 15.5 Å². The minimum atomic E-state index is -0.847. The molecule has 0 aromatic heterocycles. The summed E-state index contributed by atoms with van der Waals surface area (Å²) in [7, 11) is 0. The lowest BCUT2D eigenvalue weighted by Crippen LogP contribution is -2.57. The molecule has 3 amide bonds. The summed E-state index contributed by atoms with van der Waals surface area (Å²) in [5.74, 6) is -0.672. The fraction of sp³-hybridized carbons (Fsp3) is 0.429. The number of nitrogens with one attached hydrogen (secondary N) is 2. The summed E-state index contributed by atoms with van der Waals surface area (Å²) in [5.41, 5.74) is -0.502. The smallest absolute Gasteiger partial charge is 0.322 e. The quantitative estimate of drug-likeness (QED) is 0.793. The summed E-state index contributed by atoms with van der Waals surface area (Å²) in [5, 5.41) is 5.89. The fourth-order valence-electron chi connectivity index (χ4n) is 2.81. The lowest BCUT2D eigenvalue weighted by atomic mass is 9.90. The van der Waals surface area contributed by atoms with E-state index >= 15 is 0 Å². The van der Waals surface area contributed by atoms with Crippen molar-refractivity contribution in [3.8, 4) is 0 Å². The van der Waals surface area contributed by atoms with Gasteiger partial charge in [-0.15, -0.1) is 0 Å². The lowest BCUT2D eigenvalue weighted by Gasteiger charge is -2.31. The average molecular weight is 277 g/mol. The van der Waals surface area contributed by atoms with Gasteiger partial charge in [-0.1, -0.05) is 18.2 Å². The maximum absolute atomic E-state index is 13.6. The molecule has 1 spiro atoms. The second-order valence-corrected chi connectivity index (χ2v) is 5.28. The predicted octanol–water partition coefficient (Wildman–Crippen LogP) is 1.000. The first-order valence-corrected chi connectivity index (χ1v) is 6.71. The summed E-state index contributed by atoms with van der Waals surface area (Å²) in [6.45, 7) is 1.25. The van der Waals surface area contributed by atoms with Crippen LogP contribution in [0.25, 0.3) is 0 Å². The van der Waals surface area contributed by atoms with Crippen molar-refractivity contribution in [2.24, 2.45) is 0 Å². The molecule has 5 nitrogen and oxygen atoms in total. The van der Waals surface area contributed by atoms with Crippen LogP contribution < -0.4 is 10.6 Å². The maximum atomic E-state index is 13.6. The van der Waals surface area contributed by atoms with Gasteiger partial charge in [-0.05, 0) is 25.5 Å². The number of imide groups is 1. The van der Waals surface area contributed by atoms with E-state index in [1.54, 1.807) is 18.2 Å². The van der Waals surface area contributed by atoms with Crippen LogP contribution in [0.2, 0.25) is 0 Å². The highest BCUT2D eigenvalue weighted by Crippen LogP contribution is 2.26. The molecule has 0 aliphatic carbocycles. The normalized spacial score (nSPS) is 26.1. The molecule has 0 radical (unpaired) electrons. The maximum Gasteiger partial charge on any atom is 0.325 e. The van der Waals surface area contributed by atoms with Gasteiger partial charge in [0.1, 0.15) is 11.4 Å². The molecular weight excluding hydrogens is 261 g/mol. The first-order valence-electron chi connectivity index (χ1n) is 6.71. The molecule has 2 fully saturated rings. The van der Waals surface area contributed by atoms with E-state index in [4.69, 9.17) is 0 Å². The van der Waals surface area contributed by atoms with E-state index in [1.165, 1.54) is 6.07 Å². The minimum absolute atomic E-state index is 0.0287. The van der Waals surface area contributed by atoms with Gasteiger partial charge >= 0.3 is 6.03 Å². The summed E-state index contributed by atoms with van der Waals surface area (Å²) >= 11 is 0. The third-order valence-electron chi connectivity index (χ3n) is 3.92. The summed E-state index contributed by atoms with van der Waals surface area (Å²) < 4.78 is 13.6. The number of hydrogen-bond acceptors (Lipinski definition) is 3. The summed E-state index contributed by atoms with van der Waals surface area (Å²) in [6, 6.07) is 5.74. The van der Waals surface area contributed by atoms with Crippen LogP contribution in [0.4, 0.5) is 9.18 Å². The van der Waals surface area contributed by atoms with Gasteiger partial charge in [0.25, 0.3) is 5.91 Å². The third kappa shape index (κ3) is 2.06. The molecule has 1 aromatic carbocycles. The van der Waals surface area contributed by atoms with Gasteiger partial charge in [0.2, 0.25) is 0 Å². The highest BCUT2D eigenvalue weighted by Gasteiger charge is 2.51. The zero-order chi connectivity index (χ0) is 14.2. The molecule has 2 aliphatic heterocycles. The Labute approximate surface area is 116 Å². The van der Waals surface area contributed by atoms with Crippen molar-refractivity contribution in [2.75, 3.05) is 13.1 Å². The van der Waals surface area contributed by atoms with Gasteiger partial charge in [-0.25, -0.2) is 9.18 Å². The van der Waals surface area contributed by atoms with Crippen molar-refractivity contribution >= 4 is 11.9 Å². The van der Waals surface area contributed by atoms with Crippen LogP contribution in [0.3, 0.4) is 0 Å². The number of carbonyl (C=O) groups excluding carboxylic acids is 2. The molecule has 3 rings (SSSR count). The van der Waals surface area contributed by atoms with Crippen molar-refractivity contribution in [3.05, 3.63) is 35.6 Å². The highest BCUT2D eigenvalue weighted by molar-refractivity contribution is 6.07. The Balaban J connectivity index is 1.82. The van der Waals surface area contributed by atoms with Gasteiger partial charge in [0.15, 0.2) is 0 Å². The molecule has 1 aromatic rings. The van der Waals surface area contributed by atoms with Gasteiger partial charge in [-0.2, -0.15) is 0 Å². The second-order valence-electron chi connectivity index (χ2n) is 5.28. The van der Waals surface area contributed by atoms with Crippen molar-refractivity contribution in [2.45, 2.75) is 24.9 Å². The Bertz CT molecular complexity index is 555. The lowest BCUT2D eigenvalue weighted by molar-refractivity contribution is -0.132. The van der Waals surface area contributed by atoms with Crippen LogP contribution in [0.15, 0.2) is 24.3 Å². The molecule has 1 unspecified atom stereocenters. The van der Waals surface area contributed by atoms with Crippen LogP contribution in [0, 0.1) is 5.82 Å². The van der Waals surface area contributed by atoms with Crippen LogP contribution in [-0.2, 0) is 11.3 Å². The molecular formula is C14H16FN3O2. The van der Waals surface area contributed by atoms with Crippen LogP contribution in [-0.4, -0.2) is 35.5 Å². The van der Waals surface area contributed by atoms with E-state index in [9.17, 15) is 14.0 Å². The predicted molar refractivity (Wildman–Crippen MR) is 70.3 cm³/mol. The van der Waals surface area contributed by atoms with Crippen LogP contribution >= 0.6 is 0 Å². The highest BCUT2D eigenvalue weighted by atomic mass is 19.1. The van der Waals surface area contributed by atoms with Crippen molar-refractivity contribution in [1.29, 1.82) is 0 Å². The van der Waals surface area contributed by atoms with E-state index < -0.39 is 17.4 Å². The molecule has 0 bridgehead atoms. The van der Waals surface area contributed by atoms with Crippen LogP contribution in [0.1, 0.15) is 18.4 Å². The molecule has 0 saturated carbocycles. The number of piperidine rings is 1. The number of rotatable bonds is 2. The SMILES string of the molecule is O=C1NC2(CCCNC2)C(=O)N1Cc1ccccc1F. The number of nitrogens with zero attached hydrogens (tertiary/aromatic N) is 1. The molecule has 6 heteroatoms. The fourth-order valence-corrected chi connectivity index (χ4v) is 2.81. The Morgan fingerprint density at radius 1 is 1.30 bits per heavy atom. The monoisotopic (exact) mass is 277 g/mol. The number of benzene rings is 1. The Morgan fingerprint density at radius 2 is 2.10 bits per heavy atom. The van der Waals surface area contributed by atoms with E-state index in [1.807, 2.05) is 0 Å². The van der Waals surface area contributed by atoms with Gasteiger partial charge in [0, 0.05) is 12.1 Å². The largest absolute Gasteiger partial charge is 0.325 e. The van der Waals surface area contributed by atoms with E-state index in [0.29, 0.717) is 18.5 Å². The van der Waals surface area contributed by atoms with Crippen molar-refractivity contribution < 1.29 is 14.0 Å². The average Bonchev–Trinajstić information content (AvgIpc) is 2.66. The van der Waals surface area contributed by atoms with E-state index in [2.05, 4.69) is 10.6 Å². The molecule has 1 atom stereocenters. The first-order chi connectivity index (χ1) is 9.62. The number of urea groups is 1. The molecule has 2 saturated heterocycles. The summed E-state index contributed by atoms with van der Waals surface area (Å²) in [4.78, 5) is 25.6. The molecule has 2 N–H and O–H groups in total. The first kappa shape index (κ1) is 13.1. The molecule has 2 heterocycles. The topological polar surface area (TPSA) is 61.4 Å². The molecule has 2 aliphatic rings. The Hall–Kier alpha value is -1.95. The van der Waals surface area contributed by atoms with Gasteiger partial charge in [0.05, 0.1) is 6.54 Å². The minimum Gasteiger partial charge on any atom is -0.322 e. The Morgan fingerprint density at radius 3 is 2.80 bits per heavy atom. The zero-order valence-electron chi connectivity index (χ0n) is 11.0. The summed E-state index contributed by atoms with van der Waals surface area (Å²) in [6.07, 6.45) is 1.46. The standard InChI is InChI=1S/C14H16FN3O2/c15-11-5-2-1-4-10(11)8-18-12(19)14(17-13(18)20)6-3-7-16-9-14/h1-2,4-5,16H,3,6-9H2,(H,17,20).